The molecule has 15 heavy (non-hydrogen) atoms. The maximum atomic E-state index is 10.6. The predicted molar refractivity (Wildman–Crippen MR) is 59.9 cm³/mol. The van der Waals surface area contributed by atoms with Gasteiger partial charge in [-0.25, -0.2) is 0 Å². The first-order chi connectivity index (χ1) is 7.21. The normalized spacial score (nSPS) is 43.6. The summed E-state index contributed by atoms with van der Waals surface area (Å²) in [7, 11) is 0. The SMILES string of the molecule is CC1CC(O)(C2CCCCCN2)CCO1. The van der Waals surface area contributed by atoms with Crippen LogP contribution < -0.4 is 5.32 Å². The molecule has 0 aromatic carbocycles. The van der Waals surface area contributed by atoms with Crippen molar-refractivity contribution in [3.63, 3.8) is 0 Å². The van der Waals surface area contributed by atoms with Gasteiger partial charge in [0.2, 0.25) is 0 Å². The quantitative estimate of drug-likeness (QED) is 0.692. The Balaban J connectivity index is 1.98. The lowest BCUT2D eigenvalue weighted by molar-refractivity contribution is -0.115. The zero-order chi connectivity index (χ0) is 10.7. The molecule has 0 saturated carbocycles. The van der Waals surface area contributed by atoms with E-state index in [0.29, 0.717) is 6.61 Å². The van der Waals surface area contributed by atoms with E-state index in [2.05, 4.69) is 12.2 Å². The Morgan fingerprint density at radius 1 is 1.33 bits per heavy atom. The van der Waals surface area contributed by atoms with E-state index in [9.17, 15) is 5.11 Å². The van der Waals surface area contributed by atoms with Crippen molar-refractivity contribution >= 4 is 0 Å². The highest BCUT2D eigenvalue weighted by Gasteiger charge is 2.40. The third kappa shape index (κ3) is 2.71. The molecule has 2 N–H and O–H groups in total. The van der Waals surface area contributed by atoms with Crippen molar-refractivity contribution in [2.75, 3.05) is 13.2 Å². The molecule has 0 amide bonds. The topological polar surface area (TPSA) is 41.5 Å². The molecule has 2 aliphatic heterocycles. The average molecular weight is 213 g/mol. The number of ether oxygens (including phenoxy) is 1. The van der Waals surface area contributed by atoms with Crippen molar-refractivity contribution in [2.45, 2.75) is 63.2 Å². The van der Waals surface area contributed by atoms with Crippen LogP contribution in [0.15, 0.2) is 0 Å². The van der Waals surface area contributed by atoms with Crippen LogP contribution in [0.1, 0.15) is 45.4 Å². The molecule has 2 rings (SSSR count). The van der Waals surface area contributed by atoms with Gasteiger partial charge in [-0.05, 0) is 26.3 Å². The number of nitrogens with one attached hydrogen (secondary N) is 1. The van der Waals surface area contributed by atoms with Gasteiger partial charge in [-0.15, -0.1) is 0 Å². The molecular formula is C12H23NO2. The molecule has 0 aromatic heterocycles. The van der Waals surface area contributed by atoms with Gasteiger partial charge in [0.25, 0.3) is 0 Å². The highest BCUT2D eigenvalue weighted by atomic mass is 16.5. The van der Waals surface area contributed by atoms with Crippen molar-refractivity contribution in [2.24, 2.45) is 0 Å². The molecule has 3 unspecified atom stereocenters. The lowest BCUT2D eigenvalue weighted by Gasteiger charge is -2.41. The van der Waals surface area contributed by atoms with Gasteiger partial charge in [-0.2, -0.15) is 0 Å². The Bertz CT molecular complexity index is 202. The van der Waals surface area contributed by atoms with Crippen molar-refractivity contribution in [3.05, 3.63) is 0 Å². The Morgan fingerprint density at radius 2 is 2.20 bits per heavy atom. The van der Waals surface area contributed by atoms with E-state index in [1.54, 1.807) is 0 Å². The molecule has 3 heteroatoms. The number of rotatable bonds is 1. The number of aliphatic hydroxyl groups is 1. The second-order valence-corrected chi connectivity index (χ2v) is 5.10. The first-order valence-corrected chi connectivity index (χ1v) is 6.28. The standard InChI is InChI=1S/C12H23NO2/c1-10-9-12(14,6-8-15-10)11-5-3-2-4-7-13-11/h10-11,13-14H,2-9H2,1H3. The molecule has 0 radical (unpaired) electrons. The van der Waals surface area contributed by atoms with E-state index in [1.807, 2.05) is 0 Å². The molecule has 0 aliphatic carbocycles. The van der Waals surface area contributed by atoms with Crippen LogP contribution in [0.3, 0.4) is 0 Å². The minimum absolute atomic E-state index is 0.203. The van der Waals surface area contributed by atoms with E-state index in [-0.39, 0.29) is 12.1 Å². The largest absolute Gasteiger partial charge is 0.388 e. The fourth-order valence-electron chi connectivity index (χ4n) is 2.90. The summed E-state index contributed by atoms with van der Waals surface area (Å²) in [4.78, 5) is 0. The molecule has 2 saturated heterocycles. The summed E-state index contributed by atoms with van der Waals surface area (Å²) in [5, 5.41) is 14.2. The molecule has 0 spiro atoms. The maximum absolute atomic E-state index is 10.6. The molecule has 0 aromatic rings. The lowest BCUT2D eigenvalue weighted by atomic mass is 9.82. The summed E-state index contributed by atoms with van der Waals surface area (Å²) >= 11 is 0. The minimum atomic E-state index is -0.526. The molecule has 0 bridgehead atoms. The molecule has 3 atom stereocenters. The van der Waals surface area contributed by atoms with E-state index >= 15 is 0 Å². The molecule has 2 fully saturated rings. The summed E-state index contributed by atoms with van der Waals surface area (Å²) in [5.74, 6) is 0. The number of hydrogen-bond donors (Lipinski definition) is 2. The van der Waals surface area contributed by atoms with E-state index in [4.69, 9.17) is 4.74 Å². The van der Waals surface area contributed by atoms with Crippen LogP contribution >= 0.6 is 0 Å². The summed E-state index contributed by atoms with van der Waals surface area (Å²) in [6.07, 6.45) is 6.68. The van der Waals surface area contributed by atoms with Crippen molar-refractivity contribution < 1.29 is 9.84 Å². The summed E-state index contributed by atoms with van der Waals surface area (Å²) in [5.41, 5.74) is -0.526. The van der Waals surface area contributed by atoms with Crippen LogP contribution in [0.2, 0.25) is 0 Å². The van der Waals surface area contributed by atoms with Crippen LogP contribution in [0.25, 0.3) is 0 Å². The molecule has 2 heterocycles. The number of hydrogen-bond acceptors (Lipinski definition) is 3. The lowest BCUT2D eigenvalue weighted by Crippen LogP contribution is -2.54. The van der Waals surface area contributed by atoms with Gasteiger partial charge in [-0.3, -0.25) is 0 Å². The summed E-state index contributed by atoms with van der Waals surface area (Å²) < 4.78 is 5.51. The highest BCUT2D eigenvalue weighted by molar-refractivity contribution is 4.95. The first-order valence-electron chi connectivity index (χ1n) is 6.28. The zero-order valence-corrected chi connectivity index (χ0v) is 9.67. The molecular weight excluding hydrogens is 190 g/mol. The van der Waals surface area contributed by atoms with Gasteiger partial charge in [0.15, 0.2) is 0 Å². The molecule has 3 nitrogen and oxygen atoms in total. The van der Waals surface area contributed by atoms with E-state index < -0.39 is 5.60 Å². The van der Waals surface area contributed by atoms with Gasteiger partial charge in [0, 0.05) is 25.5 Å². The highest BCUT2D eigenvalue weighted by Crippen LogP contribution is 2.31. The Morgan fingerprint density at radius 3 is 3.00 bits per heavy atom. The third-order valence-electron chi connectivity index (χ3n) is 3.79. The van der Waals surface area contributed by atoms with Crippen LogP contribution in [-0.2, 0) is 4.74 Å². The van der Waals surface area contributed by atoms with Gasteiger partial charge >= 0.3 is 0 Å². The first kappa shape index (κ1) is 11.4. The van der Waals surface area contributed by atoms with Gasteiger partial charge in [-0.1, -0.05) is 12.8 Å². The van der Waals surface area contributed by atoms with Crippen molar-refractivity contribution in [1.29, 1.82) is 0 Å². The van der Waals surface area contributed by atoms with Crippen LogP contribution in [0.4, 0.5) is 0 Å². The van der Waals surface area contributed by atoms with Crippen LogP contribution in [0.5, 0.6) is 0 Å². The Hall–Kier alpha value is -0.120. The van der Waals surface area contributed by atoms with Crippen LogP contribution in [0, 0.1) is 0 Å². The Labute approximate surface area is 92.2 Å². The summed E-state index contributed by atoms with van der Waals surface area (Å²) in [6, 6.07) is 0.284. The van der Waals surface area contributed by atoms with Crippen molar-refractivity contribution in [1.82, 2.24) is 5.32 Å². The monoisotopic (exact) mass is 213 g/mol. The summed E-state index contributed by atoms with van der Waals surface area (Å²) in [6.45, 7) is 3.82. The average Bonchev–Trinajstić information content (AvgIpc) is 2.45. The van der Waals surface area contributed by atoms with Crippen molar-refractivity contribution in [3.8, 4) is 0 Å². The fourth-order valence-corrected chi connectivity index (χ4v) is 2.90. The second kappa shape index (κ2) is 4.81. The van der Waals surface area contributed by atoms with Gasteiger partial charge in [0.1, 0.15) is 0 Å². The van der Waals surface area contributed by atoms with Gasteiger partial charge in [0.05, 0.1) is 11.7 Å². The molecule has 88 valence electrons. The fraction of sp³-hybridized carbons (Fsp3) is 1.00. The molecule has 2 aliphatic rings. The maximum Gasteiger partial charge on any atom is 0.0846 e. The van der Waals surface area contributed by atoms with Gasteiger partial charge < -0.3 is 15.2 Å². The predicted octanol–water partition coefficient (Wildman–Crippen LogP) is 1.45. The second-order valence-electron chi connectivity index (χ2n) is 5.10. The van der Waals surface area contributed by atoms with Crippen LogP contribution in [-0.4, -0.2) is 36.0 Å². The Kier molecular flexibility index (Phi) is 3.65. The minimum Gasteiger partial charge on any atom is -0.388 e. The van der Waals surface area contributed by atoms with E-state index in [0.717, 1.165) is 25.8 Å². The third-order valence-corrected chi connectivity index (χ3v) is 3.79. The van der Waals surface area contributed by atoms with E-state index in [1.165, 1.54) is 19.3 Å². The zero-order valence-electron chi connectivity index (χ0n) is 9.67. The smallest absolute Gasteiger partial charge is 0.0846 e.